The zero-order valence-electron chi connectivity index (χ0n) is 24.8. The smallest absolute Gasteiger partial charge is 0.197 e. The Bertz CT molecular complexity index is 2320. The summed E-state index contributed by atoms with van der Waals surface area (Å²) in [5, 5.41) is 0. The number of carbonyl (C=O) groups is 4. The van der Waals surface area contributed by atoms with Crippen molar-refractivity contribution < 1.29 is 19.2 Å². The number of thiophene rings is 3. The molecule has 0 radical (unpaired) electrons. The Balaban J connectivity index is 1.12. The number of ketones is 4. The van der Waals surface area contributed by atoms with E-state index in [4.69, 9.17) is 0 Å². The Morgan fingerprint density at radius 2 is 1.09 bits per heavy atom. The standard InChI is InChI=1S/C38H24O4S3/c1-37(2)17(13-23-29(39)19-9-5-6-10-20(19)30(23)40)14-26-27(37)34-36(44-26)28-35(45-34)33-25(38(28,3)4)16-18(43-33)15-24-31(41)21-11-7-8-12-22(21)32(24)42/h5-16H,1-4H3. The van der Waals surface area contributed by atoms with Crippen LogP contribution < -0.4 is 0 Å². The molecular weight excluding hydrogens is 617 g/mol. The molecule has 2 aromatic carbocycles. The van der Waals surface area contributed by atoms with E-state index in [1.165, 1.54) is 40.7 Å². The third-order valence-corrected chi connectivity index (χ3v) is 13.6. The van der Waals surface area contributed by atoms with Gasteiger partial charge < -0.3 is 0 Å². The van der Waals surface area contributed by atoms with E-state index in [1.807, 2.05) is 6.08 Å². The quantitative estimate of drug-likeness (QED) is 0.142. The molecule has 7 heteroatoms. The van der Waals surface area contributed by atoms with Crippen molar-refractivity contribution in [1.82, 2.24) is 0 Å². The van der Waals surface area contributed by atoms with Crippen LogP contribution in [0.25, 0.3) is 31.3 Å². The van der Waals surface area contributed by atoms with Crippen molar-refractivity contribution in [1.29, 1.82) is 0 Å². The second-order valence-corrected chi connectivity index (χ2v) is 16.2. The molecule has 0 saturated heterocycles. The van der Waals surface area contributed by atoms with Crippen LogP contribution in [0.5, 0.6) is 0 Å². The maximum atomic E-state index is 13.2. The van der Waals surface area contributed by atoms with Gasteiger partial charge in [0.05, 0.1) is 25.4 Å². The first-order chi connectivity index (χ1) is 21.5. The van der Waals surface area contributed by atoms with Gasteiger partial charge in [-0.05, 0) is 46.6 Å². The lowest BCUT2D eigenvalue weighted by Crippen LogP contribution is -2.17. The molecule has 0 amide bonds. The maximum Gasteiger partial charge on any atom is 0.197 e. The van der Waals surface area contributed by atoms with Crippen LogP contribution in [0.4, 0.5) is 0 Å². The van der Waals surface area contributed by atoms with Gasteiger partial charge in [-0.15, -0.1) is 34.0 Å². The number of rotatable bonds is 2. The molecule has 3 aromatic heterocycles. The Labute approximate surface area is 271 Å². The average Bonchev–Trinajstić information content (AvgIpc) is 3.84. The third-order valence-electron chi connectivity index (χ3n) is 9.84. The summed E-state index contributed by atoms with van der Waals surface area (Å²) in [5.41, 5.74) is 6.54. The molecule has 0 atom stereocenters. The largest absolute Gasteiger partial charge is 0.288 e. The van der Waals surface area contributed by atoms with Crippen LogP contribution in [0.1, 0.15) is 95.6 Å². The van der Waals surface area contributed by atoms with E-state index in [0.717, 1.165) is 10.5 Å². The highest BCUT2D eigenvalue weighted by molar-refractivity contribution is 7.32. The zero-order chi connectivity index (χ0) is 31.2. The minimum atomic E-state index is -0.384. The van der Waals surface area contributed by atoms with E-state index in [9.17, 15) is 19.2 Å². The number of allylic oxidation sites excluding steroid dienone is 4. The zero-order valence-corrected chi connectivity index (χ0v) is 27.2. The number of carbonyl (C=O) groups excluding carboxylic acids is 4. The van der Waals surface area contributed by atoms with Crippen LogP contribution in [-0.2, 0) is 10.8 Å². The second kappa shape index (κ2) is 8.69. The van der Waals surface area contributed by atoms with Crippen LogP contribution in [0, 0.1) is 0 Å². The van der Waals surface area contributed by atoms with Crippen molar-refractivity contribution in [2.45, 2.75) is 38.5 Å². The summed E-state index contributed by atoms with van der Waals surface area (Å²) in [6, 6.07) is 16.2. The first-order valence-corrected chi connectivity index (χ1v) is 17.2. The summed E-state index contributed by atoms with van der Waals surface area (Å²) >= 11 is 5.24. The number of hydrogen-bond donors (Lipinski definition) is 0. The number of benzene rings is 2. The normalized spacial score (nSPS) is 18.4. The lowest BCUT2D eigenvalue weighted by Gasteiger charge is -2.22. The molecule has 0 bridgehead atoms. The third kappa shape index (κ3) is 3.35. The molecule has 4 nitrogen and oxygen atoms in total. The minimum absolute atomic E-state index is 0.203. The molecular formula is C38H24O4S3. The van der Waals surface area contributed by atoms with E-state index in [1.54, 1.807) is 88.6 Å². The maximum absolute atomic E-state index is 13.2. The molecule has 0 unspecified atom stereocenters. The number of hydrogen-bond acceptors (Lipinski definition) is 7. The molecule has 4 aliphatic rings. The molecule has 0 spiro atoms. The van der Waals surface area contributed by atoms with Crippen molar-refractivity contribution in [3.63, 3.8) is 0 Å². The average molecular weight is 641 g/mol. The SMILES string of the molecule is CC1(C)C(C=C2C(=O)c3ccccc3C2=O)=Cc2sc3c4c(sc3c21)-c1sc(C=C2C(=O)c3ccccc3C2=O)cc1C4(C)C. The molecule has 9 rings (SSSR count). The Morgan fingerprint density at radius 1 is 0.578 bits per heavy atom. The van der Waals surface area contributed by atoms with Gasteiger partial charge in [0.1, 0.15) is 0 Å². The summed E-state index contributed by atoms with van der Waals surface area (Å²) in [7, 11) is 0. The van der Waals surface area contributed by atoms with Crippen molar-refractivity contribution in [2.75, 3.05) is 0 Å². The monoisotopic (exact) mass is 640 g/mol. The van der Waals surface area contributed by atoms with Gasteiger partial charge in [0.2, 0.25) is 0 Å². The first kappa shape index (κ1) is 27.0. The molecule has 4 aliphatic carbocycles. The van der Waals surface area contributed by atoms with E-state index in [2.05, 4.69) is 39.8 Å². The molecule has 5 aromatic rings. The summed E-state index contributed by atoms with van der Waals surface area (Å²) in [4.78, 5) is 57.0. The van der Waals surface area contributed by atoms with Crippen LogP contribution in [0.15, 0.2) is 77.4 Å². The predicted molar refractivity (Wildman–Crippen MR) is 182 cm³/mol. The van der Waals surface area contributed by atoms with E-state index in [0.29, 0.717) is 22.3 Å². The van der Waals surface area contributed by atoms with Crippen molar-refractivity contribution in [3.8, 4) is 9.75 Å². The highest BCUT2D eigenvalue weighted by Gasteiger charge is 2.45. The van der Waals surface area contributed by atoms with Gasteiger partial charge in [-0.3, -0.25) is 19.2 Å². The van der Waals surface area contributed by atoms with Crippen LogP contribution in [0.3, 0.4) is 0 Å². The Hall–Kier alpha value is -4.30. The van der Waals surface area contributed by atoms with Crippen molar-refractivity contribution in [3.05, 3.63) is 126 Å². The Morgan fingerprint density at radius 3 is 1.64 bits per heavy atom. The number of fused-ring (bicyclic) bond motifs is 9. The van der Waals surface area contributed by atoms with Gasteiger partial charge in [0.15, 0.2) is 23.1 Å². The summed E-state index contributed by atoms with van der Waals surface area (Å²) in [6.07, 6.45) is 5.74. The Kier molecular flexibility index (Phi) is 5.23. The lowest BCUT2D eigenvalue weighted by atomic mass is 9.80. The molecule has 3 heterocycles. The summed E-state index contributed by atoms with van der Waals surface area (Å²) in [5.74, 6) is -0.820. The number of Topliss-reactive ketones (excluding diaryl/α,β-unsaturated/α-hetero) is 4. The fraction of sp³-hybridized carbons (Fsp3) is 0.158. The lowest BCUT2D eigenvalue weighted by molar-refractivity contribution is 0.0974. The topological polar surface area (TPSA) is 68.3 Å². The van der Waals surface area contributed by atoms with Gasteiger partial charge >= 0.3 is 0 Å². The molecule has 0 N–H and O–H groups in total. The minimum Gasteiger partial charge on any atom is -0.288 e. The van der Waals surface area contributed by atoms with Gasteiger partial charge in [-0.2, -0.15) is 0 Å². The van der Waals surface area contributed by atoms with Crippen LogP contribution in [-0.4, -0.2) is 23.1 Å². The van der Waals surface area contributed by atoms with E-state index >= 15 is 0 Å². The molecule has 218 valence electrons. The summed E-state index contributed by atoms with van der Waals surface area (Å²) in [6.45, 7) is 8.86. The molecule has 0 saturated carbocycles. The second-order valence-electron chi connectivity index (χ2n) is 13.1. The van der Waals surface area contributed by atoms with E-state index < -0.39 is 0 Å². The van der Waals surface area contributed by atoms with Gasteiger partial charge in [-0.1, -0.05) is 76.2 Å². The molecule has 0 fully saturated rings. The summed E-state index contributed by atoms with van der Waals surface area (Å²) < 4.78 is 2.55. The van der Waals surface area contributed by atoms with Crippen LogP contribution in [0.2, 0.25) is 0 Å². The van der Waals surface area contributed by atoms with Crippen LogP contribution >= 0.6 is 34.0 Å². The molecule has 0 aliphatic heterocycles. The van der Waals surface area contributed by atoms with Gasteiger partial charge in [-0.25, -0.2) is 0 Å². The molecule has 45 heavy (non-hydrogen) atoms. The van der Waals surface area contributed by atoms with Gasteiger partial charge in [0, 0.05) is 47.7 Å². The predicted octanol–water partition coefficient (Wildman–Crippen LogP) is 9.47. The van der Waals surface area contributed by atoms with Crippen molar-refractivity contribution in [2.24, 2.45) is 0 Å². The highest BCUT2D eigenvalue weighted by Crippen LogP contribution is 2.63. The van der Waals surface area contributed by atoms with E-state index in [-0.39, 0.29) is 45.1 Å². The van der Waals surface area contributed by atoms with Crippen molar-refractivity contribution >= 4 is 78.7 Å². The first-order valence-electron chi connectivity index (χ1n) is 14.8. The fourth-order valence-corrected chi connectivity index (χ4v) is 12.3. The van der Waals surface area contributed by atoms with Gasteiger partial charge in [0.25, 0.3) is 0 Å². The fourth-order valence-electron chi connectivity index (χ4n) is 7.41. The highest BCUT2D eigenvalue weighted by atomic mass is 32.1.